The highest BCUT2D eigenvalue weighted by Crippen LogP contribution is 2.41. The van der Waals surface area contributed by atoms with E-state index in [0.29, 0.717) is 51.9 Å². The van der Waals surface area contributed by atoms with Crippen molar-refractivity contribution in [1.29, 1.82) is 0 Å². The second kappa shape index (κ2) is 8.87. The summed E-state index contributed by atoms with van der Waals surface area (Å²) in [5, 5.41) is 12.1. The van der Waals surface area contributed by atoms with Crippen LogP contribution < -0.4 is 4.90 Å². The fourth-order valence-corrected chi connectivity index (χ4v) is 5.77. The number of hydrogen-bond donors (Lipinski definition) is 1. The third kappa shape index (κ3) is 3.89. The average molecular weight is 505 g/mol. The van der Waals surface area contributed by atoms with Crippen molar-refractivity contribution in [2.45, 2.75) is 58.0 Å². The molecule has 1 atom stereocenters. The van der Waals surface area contributed by atoms with Crippen molar-refractivity contribution in [3.8, 4) is 17.0 Å². The molecule has 0 bridgehead atoms. The molecule has 1 spiro atoms. The Morgan fingerprint density at radius 3 is 2.68 bits per heavy atom. The maximum Gasteiger partial charge on any atom is 0.175 e. The van der Waals surface area contributed by atoms with Crippen molar-refractivity contribution in [2.75, 3.05) is 24.6 Å². The minimum atomic E-state index is -0.604. The molecule has 8 heteroatoms. The minimum Gasteiger partial charge on any atom is -0.508 e. The molecule has 0 radical (unpaired) electrons. The Bertz CT molecular complexity index is 1530. The van der Waals surface area contributed by atoms with Gasteiger partial charge in [-0.1, -0.05) is 26.8 Å². The molecule has 2 aliphatic heterocycles. The van der Waals surface area contributed by atoms with Crippen LogP contribution in [0.15, 0.2) is 30.5 Å². The molecule has 0 amide bonds. The number of aromatic nitrogens is 3. The van der Waals surface area contributed by atoms with Crippen LogP contribution in [-0.2, 0) is 11.2 Å². The largest absolute Gasteiger partial charge is 0.508 e. The topological polar surface area (TPSA) is 71.4 Å². The van der Waals surface area contributed by atoms with Crippen molar-refractivity contribution in [1.82, 2.24) is 15.0 Å². The van der Waals surface area contributed by atoms with E-state index in [2.05, 4.69) is 14.9 Å². The standard InChI is InChI=1S/C29H30F2N4O2/c1-4-19-22(30)7-6-17-12-18(36)13-20(23(17)19)25-24(31)26-21(14-32-25)28(34-27(33-26)16(2)3)35-10-5-8-29(15-35)9-11-37-29/h6-7,12-14,16,36H,4-5,8-11,15H2,1-3H3. The van der Waals surface area contributed by atoms with Crippen LogP contribution in [0.4, 0.5) is 14.6 Å². The zero-order chi connectivity index (χ0) is 25.9. The zero-order valence-electron chi connectivity index (χ0n) is 21.3. The Hall–Kier alpha value is -3.39. The monoisotopic (exact) mass is 504 g/mol. The number of ether oxygens (including phenoxy) is 1. The van der Waals surface area contributed by atoms with Crippen LogP contribution in [0.1, 0.15) is 57.3 Å². The second-order valence-corrected chi connectivity index (χ2v) is 10.5. The van der Waals surface area contributed by atoms with Gasteiger partial charge in [-0.25, -0.2) is 18.7 Å². The van der Waals surface area contributed by atoms with E-state index in [1.165, 1.54) is 12.1 Å². The maximum absolute atomic E-state index is 16.4. The SMILES string of the molecule is CCc1c(F)ccc2cc(O)cc(-c3ncc4c(N5CCCC6(CCO6)C5)nc(C(C)C)nc4c3F)c12. The van der Waals surface area contributed by atoms with Gasteiger partial charge in [-0.15, -0.1) is 0 Å². The number of halogens is 2. The quantitative estimate of drug-likeness (QED) is 0.353. The van der Waals surface area contributed by atoms with Gasteiger partial charge in [0.05, 0.1) is 17.6 Å². The third-order valence-corrected chi connectivity index (χ3v) is 7.76. The zero-order valence-corrected chi connectivity index (χ0v) is 21.3. The number of rotatable bonds is 4. The lowest BCUT2D eigenvalue weighted by molar-refractivity contribution is -0.151. The molecule has 192 valence electrons. The Morgan fingerprint density at radius 2 is 1.97 bits per heavy atom. The number of pyridine rings is 1. The van der Waals surface area contributed by atoms with Crippen LogP contribution in [-0.4, -0.2) is 45.4 Å². The maximum atomic E-state index is 16.4. The number of hydrogen-bond acceptors (Lipinski definition) is 6. The van der Waals surface area contributed by atoms with Gasteiger partial charge in [-0.3, -0.25) is 4.98 Å². The molecule has 4 heterocycles. The highest BCUT2D eigenvalue weighted by atomic mass is 19.1. The lowest BCUT2D eigenvalue weighted by Crippen LogP contribution is -2.56. The van der Waals surface area contributed by atoms with E-state index in [1.807, 2.05) is 20.8 Å². The molecule has 37 heavy (non-hydrogen) atoms. The number of fused-ring (bicyclic) bond motifs is 2. The number of aryl methyl sites for hydroxylation is 1. The minimum absolute atomic E-state index is 0.0136. The number of benzene rings is 2. The number of nitrogens with zero attached hydrogens (tertiary/aromatic N) is 4. The molecule has 2 saturated heterocycles. The van der Waals surface area contributed by atoms with Gasteiger partial charge in [0, 0.05) is 37.2 Å². The smallest absolute Gasteiger partial charge is 0.175 e. The van der Waals surface area contributed by atoms with Gasteiger partial charge in [-0.2, -0.15) is 0 Å². The van der Waals surface area contributed by atoms with Crippen molar-refractivity contribution >= 4 is 27.5 Å². The van der Waals surface area contributed by atoms with Gasteiger partial charge in [0.15, 0.2) is 5.82 Å². The van der Waals surface area contributed by atoms with E-state index in [4.69, 9.17) is 9.72 Å². The summed E-state index contributed by atoms with van der Waals surface area (Å²) in [4.78, 5) is 16.2. The molecule has 0 aliphatic carbocycles. The Balaban J connectivity index is 1.58. The molecule has 4 aromatic rings. The van der Waals surface area contributed by atoms with Crippen LogP contribution in [0.25, 0.3) is 32.9 Å². The first-order valence-corrected chi connectivity index (χ1v) is 13.0. The van der Waals surface area contributed by atoms with Gasteiger partial charge >= 0.3 is 0 Å². The van der Waals surface area contributed by atoms with E-state index in [-0.39, 0.29) is 34.3 Å². The number of anilines is 1. The molecule has 6 rings (SSSR count). The molecule has 2 aliphatic rings. The third-order valence-electron chi connectivity index (χ3n) is 7.76. The van der Waals surface area contributed by atoms with Gasteiger partial charge in [0.1, 0.15) is 34.4 Å². The molecule has 1 N–H and O–H groups in total. The summed E-state index contributed by atoms with van der Waals surface area (Å²) in [6, 6.07) is 5.98. The molecule has 1 unspecified atom stereocenters. The molecule has 2 fully saturated rings. The lowest BCUT2D eigenvalue weighted by Gasteiger charge is -2.49. The van der Waals surface area contributed by atoms with Crippen LogP contribution in [0.3, 0.4) is 0 Å². The van der Waals surface area contributed by atoms with Crippen LogP contribution >= 0.6 is 0 Å². The molecule has 6 nitrogen and oxygen atoms in total. The highest BCUT2D eigenvalue weighted by Gasteiger charge is 2.43. The van der Waals surface area contributed by atoms with Crippen molar-refractivity contribution in [3.63, 3.8) is 0 Å². The Kier molecular flexibility index (Phi) is 5.75. The summed E-state index contributed by atoms with van der Waals surface area (Å²) in [7, 11) is 0. The van der Waals surface area contributed by atoms with Gasteiger partial charge < -0.3 is 14.7 Å². The molecule has 2 aromatic heterocycles. The van der Waals surface area contributed by atoms with E-state index >= 15 is 4.39 Å². The van der Waals surface area contributed by atoms with E-state index < -0.39 is 5.82 Å². The van der Waals surface area contributed by atoms with Crippen LogP contribution in [0.5, 0.6) is 5.75 Å². The van der Waals surface area contributed by atoms with Crippen molar-refractivity contribution < 1.29 is 18.6 Å². The number of phenolic OH excluding ortho intramolecular Hbond substituents is 1. The van der Waals surface area contributed by atoms with Crippen molar-refractivity contribution in [2.24, 2.45) is 0 Å². The highest BCUT2D eigenvalue weighted by molar-refractivity contribution is 6.01. The first kappa shape index (κ1) is 24.0. The fraction of sp³-hybridized carbons (Fsp3) is 0.414. The molecular weight excluding hydrogens is 474 g/mol. The van der Waals surface area contributed by atoms with Crippen molar-refractivity contribution in [3.05, 3.63) is 53.5 Å². The summed E-state index contributed by atoms with van der Waals surface area (Å²) in [6.45, 7) is 8.09. The first-order chi connectivity index (χ1) is 17.8. The number of piperidine rings is 1. The lowest BCUT2D eigenvalue weighted by atomic mass is 9.86. The molecule has 2 aromatic carbocycles. The average Bonchev–Trinajstić information content (AvgIpc) is 2.87. The van der Waals surface area contributed by atoms with E-state index in [0.717, 1.165) is 32.4 Å². The summed E-state index contributed by atoms with van der Waals surface area (Å²) in [6.07, 6.45) is 5.02. The summed E-state index contributed by atoms with van der Waals surface area (Å²) in [5.74, 6) is 0.194. The molecule has 0 saturated carbocycles. The van der Waals surface area contributed by atoms with Gasteiger partial charge in [-0.05, 0) is 53.8 Å². The summed E-state index contributed by atoms with van der Waals surface area (Å²) in [5.41, 5.74) is 0.862. The number of phenols is 1. The normalized spacial score (nSPS) is 19.8. The summed E-state index contributed by atoms with van der Waals surface area (Å²) < 4.78 is 37.1. The van der Waals surface area contributed by atoms with Crippen LogP contribution in [0.2, 0.25) is 0 Å². The second-order valence-electron chi connectivity index (χ2n) is 10.5. The first-order valence-electron chi connectivity index (χ1n) is 13.0. The van der Waals surface area contributed by atoms with Gasteiger partial charge in [0.25, 0.3) is 0 Å². The molecular formula is C29H30F2N4O2. The van der Waals surface area contributed by atoms with E-state index in [1.54, 1.807) is 18.3 Å². The van der Waals surface area contributed by atoms with E-state index in [9.17, 15) is 9.50 Å². The predicted molar refractivity (Wildman–Crippen MR) is 140 cm³/mol. The summed E-state index contributed by atoms with van der Waals surface area (Å²) >= 11 is 0. The van der Waals surface area contributed by atoms with Crippen LogP contribution in [0, 0.1) is 11.6 Å². The Labute approximate surface area is 214 Å². The number of aromatic hydroxyl groups is 1. The predicted octanol–water partition coefficient (Wildman–Crippen LogP) is 6.27. The van der Waals surface area contributed by atoms with Gasteiger partial charge in [0.2, 0.25) is 0 Å². The fourth-order valence-electron chi connectivity index (χ4n) is 5.77. The Morgan fingerprint density at radius 1 is 1.16 bits per heavy atom.